The molecule has 0 saturated carbocycles. The fraction of sp³-hybridized carbons (Fsp3) is 0.308. The van der Waals surface area contributed by atoms with E-state index in [0.29, 0.717) is 6.54 Å². The van der Waals surface area contributed by atoms with E-state index < -0.39 is 6.10 Å². The SMILES string of the molecule is CCc1ccc(C(O)Cn2ccnc2)cc1. The van der Waals surface area contributed by atoms with Gasteiger partial charge in [-0.15, -0.1) is 0 Å². The molecule has 1 unspecified atom stereocenters. The van der Waals surface area contributed by atoms with E-state index in [0.717, 1.165) is 12.0 Å². The fourth-order valence-corrected chi connectivity index (χ4v) is 1.68. The van der Waals surface area contributed by atoms with Crippen LogP contribution in [-0.4, -0.2) is 14.7 Å². The molecule has 2 aromatic rings. The van der Waals surface area contributed by atoms with Crippen molar-refractivity contribution in [2.24, 2.45) is 0 Å². The zero-order chi connectivity index (χ0) is 11.4. The van der Waals surface area contributed by atoms with Gasteiger partial charge in [-0.2, -0.15) is 0 Å². The van der Waals surface area contributed by atoms with Crippen molar-refractivity contribution < 1.29 is 5.11 Å². The van der Waals surface area contributed by atoms with Gasteiger partial charge in [-0.25, -0.2) is 4.98 Å². The Morgan fingerprint density at radius 2 is 2.06 bits per heavy atom. The van der Waals surface area contributed by atoms with Gasteiger partial charge in [0.05, 0.1) is 19.0 Å². The highest BCUT2D eigenvalue weighted by Crippen LogP contribution is 2.15. The predicted molar refractivity (Wildman–Crippen MR) is 63.0 cm³/mol. The number of imidazole rings is 1. The number of nitrogens with zero attached hydrogens (tertiary/aromatic N) is 2. The van der Waals surface area contributed by atoms with E-state index in [4.69, 9.17) is 0 Å². The molecule has 1 N–H and O–H groups in total. The Hall–Kier alpha value is -1.61. The van der Waals surface area contributed by atoms with Crippen LogP contribution in [0.15, 0.2) is 43.0 Å². The minimum absolute atomic E-state index is 0.472. The standard InChI is InChI=1S/C13H16N2O/c1-2-11-3-5-12(6-4-11)13(16)9-15-8-7-14-10-15/h3-8,10,13,16H,2,9H2,1H3. The topological polar surface area (TPSA) is 38.0 Å². The summed E-state index contributed by atoms with van der Waals surface area (Å²) in [7, 11) is 0. The fourth-order valence-electron chi connectivity index (χ4n) is 1.68. The lowest BCUT2D eigenvalue weighted by molar-refractivity contribution is 0.156. The van der Waals surface area contributed by atoms with Crippen molar-refractivity contribution in [2.75, 3.05) is 0 Å². The Balaban J connectivity index is 2.05. The van der Waals surface area contributed by atoms with Gasteiger partial charge in [-0.3, -0.25) is 0 Å². The average Bonchev–Trinajstić information content (AvgIpc) is 2.82. The molecule has 0 aliphatic heterocycles. The Morgan fingerprint density at radius 3 is 2.62 bits per heavy atom. The molecule has 1 aromatic carbocycles. The summed E-state index contributed by atoms with van der Waals surface area (Å²) in [5, 5.41) is 10.0. The number of hydrogen-bond acceptors (Lipinski definition) is 2. The van der Waals surface area contributed by atoms with Crippen molar-refractivity contribution in [2.45, 2.75) is 26.0 Å². The molecule has 0 bridgehead atoms. The molecule has 0 fully saturated rings. The molecule has 0 amide bonds. The first-order chi connectivity index (χ1) is 7.79. The van der Waals surface area contributed by atoms with Crippen molar-refractivity contribution in [1.82, 2.24) is 9.55 Å². The van der Waals surface area contributed by atoms with Gasteiger partial charge in [0.1, 0.15) is 0 Å². The predicted octanol–water partition coefficient (Wildman–Crippen LogP) is 2.18. The molecule has 2 rings (SSSR count). The number of hydrogen-bond donors (Lipinski definition) is 1. The largest absolute Gasteiger partial charge is 0.387 e. The summed E-state index contributed by atoms with van der Waals surface area (Å²) >= 11 is 0. The van der Waals surface area contributed by atoms with E-state index >= 15 is 0 Å². The second kappa shape index (κ2) is 4.94. The Bertz CT molecular complexity index is 420. The number of aromatic nitrogens is 2. The van der Waals surface area contributed by atoms with Crippen LogP contribution < -0.4 is 0 Å². The maximum absolute atomic E-state index is 10.0. The minimum Gasteiger partial charge on any atom is -0.387 e. The van der Waals surface area contributed by atoms with Crippen LogP contribution in [0.25, 0.3) is 0 Å². The number of aliphatic hydroxyl groups is 1. The number of benzene rings is 1. The minimum atomic E-state index is -0.472. The van der Waals surface area contributed by atoms with E-state index in [1.807, 2.05) is 22.9 Å². The van der Waals surface area contributed by atoms with Crippen LogP contribution in [0, 0.1) is 0 Å². The summed E-state index contributed by atoms with van der Waals surface area (Å²) in [5.41, 5.74) is 2.24. The number of rotatable bonds is 4. The Kier molecular flexibility index (Phi) is 3.37. The summed E-state index contributed by atoms with van der Waals surface area (Å²) in [6, 6.07) is 8.10. The summed E-state index contributed by atoms with van der Waals surface area (Å²) < 4.78 is 1.87. The zero-order valence-corrected chi connectivity index (χ0v) is 9.37. The van der Waals surface area contributed by atoms with Crippen LogP contribution in [-0.2, 0) is 13.0 Å². The van der Waals surface area contributed by atoms with Crippen LogP contribution >= 0.6 is 0 Å². The molecule has 0 aliphatic carbocycles. The quantitative estimate of drug-likeness (QED) is 0.850. The zero-order valence-electron chi connectivity index (χ0n) is 9.37. The second-order valence-electron chi connectivity index (χ2n) is 3.87. The van der Waals surface area contributed by atoms with Gasteiger partial charge >= 0.3 is 0 Å². The third-order valence-corrected chi connectivity index (χ3v) is 2.72. The van der Waals surface area contributed by atoms with Crippen molar-refractivity contribution in [3.63, 3.8) is 0 Å². The van der Waals surface area contributed by atoms with Crippen LogP contribution in [0.3, 0.4) is 0 Å². The first-order valence-corrected chi connectivity index (χ1v) is 5.52. The number of aliphatic hydroxyl groups excluding tert-OH is 1. The van der Waals surface area contributed by atoms with Crippen LogP contribution in [0.5, 0.6) is 0 Å². The van der Waals surface area contributed by atoms with E-state index in [1.165, 1.54) is 5.56 Å². The third-order valence-electron chi connectivity index (χ3n) is 2.72. The van der Waals surface area contributed by atoms with Crippen LogP contribution in [0.4, 0.5) is 0 Å². The van der Waals surface area contributed by atoms with Crippen LogP contribution in [0.1, 0.15) is 24.2 Å². The highest BCUT2D eigenvalue weighted by molar-refractivity contribution is 5.24. The van der Waals surface area contributed by atoms with E-state index in [2.05, 4.69) is 24.0 Å². The first-order valence-electron chi connectivity index (χ1n) is 5.52. The second-order valence-corrected chi connectivity index (χ2v) is 3.87. The van der Waals surface area contributed by atoms with E-state index in [1.54, 1.807) is 12.5 Å². The molecule has 0 spiro atoms. The molecule has 16 heavy (non-hydrogen) atoms. The van der Waals surface area contributed by atoms with Crippen molar-refractivity contribution in [3.8, 4) is 0 Å². The number of aryl methyl sites for hydroxylation is 1. The lowest BCUT2D eigenvalue weighted by atomic mass is 10.1. The molecule has 0 aliphatic rings. The monoisotopic (exact) mass is 216 g/mol. The maximum Gasteiger partial charge on any atom is 0.0969 e. The van der Waals surface area contributed by atoms with Crippen molar-refractivity contribution in [1.29, 1.82) is 0 Å². The van der Waals surface area contributed by atoms with Gasteiger partial charge in [0.25, 0.3) is 0 Å². The van der Waals surface area contributed by atoms with Gasteiger partial charge in [0.2, 0.25) is 0 Å². The average molecular weight is 216 g/mol. The maximum atomic E-state index is 10.0. The Labute approximate surface area is 95.4 Å². The molecule has 1 atom stereocenters. The van der Waals surface area contributed by atoms with Gasteiger partial charge in [0.15, 0.2) is 0 Å². The molecular weight excluding hydrogens is 200 g/mol. The molecule has 3 heteroatoms. The first kappa shape index (κ1) is 10.9. The van der Waals surface area contributed by atoms with Gasteiger partial charge in [-0.1, -0.05) is 31.2 Å². The molecule has 84 valence electrons. The van der Waals surface area contributed by atoms with Crippen molar-refractivity contribution >= 4 is 0 Å². The molecule has 0 radical (unpaired) electrons. The van der Waals surface area contributed by atoms with Crippen molar-refractivity contribution in [3.05, 3.63) is 54.1 Å². The lowest BCUT2D eigenvalue weighted by Gasteiger charge is -2.11. The third kappa shape index (κ3) is 2.49. The summed E-state index contributed by atoms with van der Waals surface area (Å²) in [5.74, 6) is 0. The summed E-state index contributed by atoms with van der Waals surface area (Å²) in [6.45, 7) is 2.67. The molecule has 3 nitrogen and oxygen atoms in total. The van der Waals surface area contributed by atoms with Crippen LogP contribution in [0.2, 0.25) is 0 Å². The lowest BCUT2D eigenvalue weighted by Crippen LogP contribution is -2.07. The molecule has 1 aromatic heterocycles. The summed E-state index contributed by atoms with van der Waals surface area (Å²) in [4.78, 5) is 3.95. The Morgan fingerprint density at radius 1 is 1.31 bits per heavy atom. The molecule has 1 heterocycles. The molecular formula is C13H16N2O. The van der Waals surface area contributed by atoms with E-state index in [9.17, 15) is 5.11 Å². The smallest absolute Gasteiger partial charge is 0.0969 e. The highest BCUT2D eigenvalue weighted by Gasteiger charge is 2.07. The normalized spacial score (nSPS) is 12.6. The highest BCUT2D eigenvalue weighted by atomic mass is 16.3. The summed E-state index contributed by atoms with van der Waals surface area (Å²) in [6.07, 6.45) is 5.83. The van der Waals surface area contributed by atoms with Gasteiger partial charge in [-0.05, 0) is 17.5 Å². The van der Waals surface area contributed by atoms with E-state index in [-0.39, 0.29) is 0 Å². The van der Waals surface area contributed by atoms with Gasteiger partial charge in [0, 0.05) is 12.4 Å². The molecule has 0 saturated heterocycles. The van der Waals surface area contributed by atoms with Gasteiger partial charge < -0.3 is 9.67 Å².